The van der Waals surface area contributed by atoms with E-state index >= 15 is 0 Å². The number of hydrogen-bond acceptors (Lipinski definition) is 5. The molecule has 1 atom stereocenters. The molecule has 1 aromatic carbocycles. The summed E-state index contributed by atoms with van der Waals surface area (Å²) in [6, 6.07) is 10.1. The highest BCUT2D eigenvalue weighted by atomic mass is 16.5. The van der Waals surface area contributed by atoms with Crippen LogP contribution in [0, 0.1) is 5.92 Å². The quantitative estimate of drug-likeness (QED) is 0.609. The number of pyridine rings is 1. The Balaban J connectivity index is 1.88. The van der Waals surface area contributed by atoms with Gasteiger partial charge < -0.3 is 9.30 Å². The molecule has 0 bridgehead atoms. The van der Waals surface area contributed by atoms with Gasteiger partial charge in [-0.25, -0.2) is 4.79 Å². The van der Waals surface area contributed by atoms with Crippen molar-refractivity contribution >= 4 is 39.5 Å². The Morgan fingerprint density at radius 3 is 2.42 bits per heavy atom. The Morgan fingerprint density at radius 2 is 1.74 bits per heavy atom. The van der Waals surface area contributed by atoms with E-state index in [1.807, 2.05) is 31.3 Å². The molecular weight excluding hydrogens is 394 g/mol. The zero-order chi connectivity index (χ0) is 22.3. The van der Waals surface area contributed by atoms with Crippen LogP contribution < -0.4 is 0 Å². The van der Waals surface area contributed by atoms with Gasteiger partial charge in [0.25, 0.3) is 0 Å². The van der Waals surface area contributed by atoms with E-state index in [4.69, 9.17) is 4.74 Å². The molecule has 0 saturated carbocycles. The second-order valence-electron chi connectivity index (χ2n) is 7.63. The van der Waals surface area contributed by atoms with Crippen molar-refractivity contribution in [2.24, 2.45) is 13.0 Å². The summed E-state index contributed by atoms with van der Waals surface area (Å²) < 4.78 is 7.04. The number of carbonyl (C=O) groups is 3. The highest BCUT2D eigenvalue weighted by Crippen LogP contribution is 2.35. The molecule has 1 amide bonds. The molecule has 1 unspecified atom stereocenters. The number of rotatable bonds is 4. The van der Waals surface area contributed by atoms with Crippen LogP contribution >= 0.6 is 0 Å². The normalized spacial score (nSPS) is 16.3. The number of aromatic nitrogens is 2. The van der Waals surface area contributed by atoms with Gasteiger partial charge in [0.1, 0.15) is 0 Å². The largest absolute Gasteiger partial charge is 0.466 e. The van der Waals surface area contributed by atoms with Gasteiger partial charge in [0.15, 0.2) is 5.78 Å². The number of para-hydroxylation sites is 1. The number of allylic oxidation sites excluding steroid dienone is 1. The van der Waals surface area contributed by atoms with Crippen LogP contribution in [-0.4, -0.2) is 39.2 Å². The van der Waals surface area contributed by atoms with Crippen LogP contribution in [0.4, 0.5) is 0 Å². The summed E-state index contributed by atoms with van der Waals surface area (Å²) in [5.41, 5.74) is 3.41. The number of ketones is 1. The smallest absolute Gasteiger partial charge is 0.335 e. The Hall–Kier alpha value is -3.74. The third-order valence-electron chi connectivity index (χ3n) is 5.79. The molecule has 0 radical (unpaired) electrons. The average Bonchev–Trinajstić information content (AvgIpc) is 3.06. The van der Waals surface area contributed by atoms with Crippen molar-refractivity contribution in [2.45, 2.75) is 20.3 Å². The van der Waals surface area contributed by atoms with Gasteiger partial charge in [-0.1, -0.05) is 18.2 Å². The van der Waals surface area contributed by atoms with Crippen molar-refractivity contribution in [2.75, 3.05) is 7.11 Å². The highest BCUT2D eigenvalue weighted by Gasteiger charge is 2.34. The van der Waals surface area contributed by atoms with E-state index in [1.165, 1.54) is 38.3 Å². The monoisotopic (exact) mass is 417 g/mol. The number of carbonyl (C=O) groups excluding carboxylic acids is 3. The highest BCUT2D eigenvalue weighted by molar-refractivity contribution is 6.08. The van der Waals surface area contributed by atoms with Crippen molar-refractivity contribution in [3.8, 4) is 0 Å². The Kier molecular flexibility index (Phi) is 5.19. The van der Waals surface area contributed by atoms with E-state index in [2.05, 4.69) is 15.6 Å². The van der Waals surface area contributed by atoms with Crippen LogP contribution in [0.1, 0.15) is 19.5 Å². The fourth-order valence-corrected chi connectivity index (χ4v) is 4.28. The number of benzene rings is 1. The molecule has 0 spiro atoms. The average molecular weight is 417 g/mol. The van der Waals surface area contributed by atoms with E-state index in [1.54, 1.807) is 6.20 Å². The lowest BCUT2D eigenvalue weighted by atomic mass is 9.83. The standard InChI is InChI=1S/C24H23N3O4/c1-14(28)19-12-27(15(2)29)13-20(24(30)31-4)18(19)11-21-23-17(9-10-25-21)16-7-5-6-8-22(16)26(23)3/h5-10,12-13,18H,11H2,1-4H3. The molecule has 158 valence electrons. The fraction of sp³-hybridized carbons (Fsp3) is 0.250. The summed E-state index contributed by atoms with van der Waals surface area (Å²) in [5.74, 6) is -1.66. The summed E-state index contributed by atoms with van der Waals surface area (Å²) >= 11 is 0. The number of nitrogens with zero attached hydrogens (tertiary/aromatic N) is 3. The van der Waals surface area contributed by atoms with Crippen LogP contribution in [0.15, 0.2) is 60.1 Å². The first-order valence-electron chi connectivity index (χ1n) is 9.96. The maximum absolute atomic E-state index is 12.6. The summed E-state index contributed by atoms with van der Waals surface area (Å²) in [4.78, 5) is 42.9. The van der Waals surface area contributed by atoms with Gasteiger partial charge in [-0.2, -0.15) is 0 Å². The number of amides is 1. The molecule has 2 aromatic heterocycles. The number of Topliss-reactive ketones (excluding diaryl/α,β-unsaturated/α-hetero) is 1. The number of ether oxygens (including phenoxy) is 1. The third-order valence-corrected chi connectivity index (χ3v) is 5.79. The first-order valence-corrected chi connectivity index (χ1v) is 9.96. The molecule has 0 N–H and O–H groups in total. The molecule has 0 fully saturated rings. The number of aryl methyl sites for hydroxylation is 1. The molecule has 1 aliphatic heterocycles. The number of esters is 1. The van der Waals surface area contributed by atoms with Crippen molar-refractivity contribution < 1.29 is 19.1 Å². The lowest BCUT2D eigenvalue weighted by Crippen LogP contribution is -2.32. The second kappa shape index (κ2) is 7.83. The van der Waals surface area contributed by atoms with Gasteiger partial charge >= 0.3 is 5.97 Å². The molecular formula is C24H23N3O4. The molecule has 3 aromatic rings. The minimum atomic E-state index is -0.577. The van der Waals surface area contributed by atoms with Crippen LogP contribution in [0.5, 0.6) is 0 Å². The maximum atomic E-state index is 12.6. The first-order chi connectivity index (χ1) is 14.8. The summed E-state index contributed by atoms with van der Waals surface area (Å²) in [5, 5.41) is 2.17. The van der Waals surface area contributed by atoms with Crippen molar-refractivity contribution in [1.82, 2.24) is 14.5 Å². The van der Waals surface area contributed by atoms with Gasteiger partial charge in [-0.05, 0) is 19.1 Å². The SMILES string of the molecule is COC(=O)C1=CN(C(C)=O)C=C(C(C)=O)C1Cc1nccc2c3ccccc3n(C)c12. The van der Waals surface area contributed by atoms with Crippen molar-refractivity contribution in [3.63, 3.8) is 0 Å². The molecule has 1 aliphatic rings. The second-order valence-corrected chi connectivity index (χ2v) is 7.63. The lowest BCUT2D eigenvalue weighted by molar-refractivity contribution is -0.136. The van der Waals surface area contributed by atoms with Gasteiger partial charge in [0, 0.05) is 66.8 Å². The summed E-state index contributed by atoms with van der Waals surface area (Å²) in [6.07, 6.45) is 5.02. The van der Waals surface area contributed by atoms with E-state index in [0.29, 0.717) is 12.0 Å². The minimum Gasteiger partial charge on any atom is -0.466 e. The predicted molar refractivity (Wildman–Crippen MR) is 117 cm³/mol. The molecule has 7 nitrogen and oxygen atoms in total. The molecule has 4 rings (SSSR count). The predicted octanol–water partition coefficient (Wildman–Crippen LogP) is 3.28. The van der Waals surface area contributed by atoms with Crippen molar-refractivity contribution in [1.29, 1.82) is 0 Å². The van der Waals surface area contributed by atoms with Crippen LogP contribution in [-0.2, 0) is 32.6 Å². The fourth-order valence-electron chi connectivity index (χ4n) is 4.28. The van der Waals surface area contributed by atoms with Gasteiger partial charge in [-0.15, -0.1) is 0 Å². The molecule has 0 saturated heterocycles. The first kappa shape index (κ1) is 20.5. The van der Waals surface area contributed by atoms with E-state index < -0.39 is 11.9 Å². The molecule has 31 heavy (non-hydrogen) atoms. The maximum Gasteiger partial charge on any atom is 0.335 e. The van der Waals surface area contributed by atoms with E-state index in [-0.39, 0.29) is 17.3 Å². The van der Waals surface area contributed by atoms with Crippen LogP contribution in [0.3, 0.4) is 0 Å². The zero-order valence-corrected chi connectivity index (χ0v) is 17.9. The topological polar surface area (TPSA) is 81.5 Å². The lowest BCUT2D eigenvalue weighted by Gasteiger charge is -2.28. The minimum absolute atomic E-state index is 0.213. The number of fused-ring (bicyclic) bond motifs is 3. The number of hydrogen-bond donors (Lipinski definition) is 0. The summed E-state index contributed by atoms with van der Waals surface area (Å²) in [6.45, 7) is 2.81. The Labute approximate surface area is 179 Å². The van der Waals surface area contributed by atoms with Crippen LogP contribution in [0.25, 0.3) is 21.8 Å². The van der Waals surface area contributed by atoms with Crippen LogP contribution in [0.2, 0.25) is 0 Å². The number of methoxy groups -OCH3 is 1. The Bertz CT molecular complexity index is 1300. The van der Waals surface area contributed by atoms with E-state index in [0.717, 1.165) is 27.5 Å². The molecule has 7 heteroatoms. The zero-order valence-electron chi connectivity index (χ0n) is 17.9. The van der Waals surface area contributed by atoms with E-state index in [9.17, 15) is 14.4 Å². The van der Waals surface area contributed by atoms with Crippen molar-refractivity contribution in [3.05, 3.63) is 65.8 Å². The van der Waals surface area contributed by atoms with Gasteiger partial charge in [0.2, 0.25) is 5.91 Å². The molecule has 0 aliphatic carbocycles. The molecule has 3 heterocycles. The third kappa shape index (κ3) is 3.42. The summed E-state index contributed by atoms with van der Waals surface area (Å²) in [7, 11) is 3.26. The van der Waals surface area contributed by atoms with Gasteiger partial charge in [-0.3, -0.25) is 19.5 Å². The van der Waals surface area contributed by atoms with Gasteiger partial charge in [0.05, 0.1) is 23.9 Å². The Morgan fingerprint density at radius 1 is 1.03 bits per heavy atom.